The zero-order valence-electron chi connectivity index (χ0n) is 9.96. The molecule has 0 radical (unpaired) electrons. The molecule has 0 unspecified atom stereocenters. The number of hydrogen-bond donors (Lipinski definition) is 3. The van der Waals surface area contributed by atoms with E-state index in [1.54, 1.807) is 12.1 Å². The van der Waals surface area contributed by atoms with Crippen LogP contribution in [-0.4, -0.2) is 33.9 Å². The lowest BCUT2D eigenvalue weighted by Gasteiger charge is -2.10. The van der Waals surface area contributed by atoms with Gasteiger partial charge in [-0.1, -0.05) is 12.1 Å². The summed E-state index contributed by atoms with van der Waals surface area (Å²) >= 11 is 0. The van der Waals surface area contributed by atoms with Crippen molar-refractivity contribution in [3.63, 3.8) is 0 Å². The molecule has 0 saturated heterocycles. The summed E-state index contributed by atoms with van der Waals surface area (Å²) in [6.07, 6.45) is 0.214. The molecule has 98 valence electrons. The molecule has 19 heavy (non-hydrogen) atoms. The Balaban J connectivity index is 2.71. The average Bonchev–Trinajstić information content (AvgIpc) is 2.38. The normalized spacial score (nSPS) is 10.6. The van der Waals surface area contributed by atoms with Crippen molar-refractivity contribution in [1.29, 1.82) is 0 Å². The third-order valence-corrected chi connectivity index (χ3v) is 2.97. The number of carboxylic acid groups (broad SMARTS) is 2. The summed E-state index contributed by atoms with van der Waals surface area (Å²) in [5, 5.41) is 28.4. The van der Waals surface area contributed by atoms with Crippen LogP contribution in [0.5, 0.6) is 0 Å². The van der Waals surface area contributed by atoms with Gasteiger partial charge in [0.25, 0.3) is 0 Å². The zero-order chi connectivity index (χ0) is 14.0. The first-order chi connectivity index (χ1) is 9.04. The number of benzene rings is 2. The Kier molecular flexibility index (Phi) is 3.48. The van der Waals surface area contributed by atoms with E-state index in [0.717, 1.165) is 0 Å². The molecule has 5 heteroatoms. The number of carboxylic acids is 2. The molecule has 0 fully saturated rings. The lowest BCUT2D eigenvalue weighted by molar-refractivity contribution is 0.0685. The summed E-state index contributed by atoms with van der Waals surface area (Å²) in [6, 6.07) is 7.50. The van der Waals surface area contributed by atoms with Crippen molar-refractivity contribution in [1.82, 2.24) is 0 Å². The van der Waals surface area contributed by atoms with Crippen LogP contribution in [0.1, 0.15) is 26.3 Å². The van der Waals surface area contributed by atoms with Crippen LogP contribution < -0.4 is 0 Å². The molecular formula is C14H12O5. The van der Waals surface area contributed by atoms with Gasteiger partial charge in [0, 0.05) is 6.61 Å². The first-order valence-corrected chi connectivity index (χ1v) is 5.67. The van der Waals surface area contributed by atoms with Crippen molar-refractivity contribution < 1.29 is 24.9 Å². The van der Waals surface area contributed by atoms with Gasteiger partial charge < -0.3 is 15.3 Å². The van der Waals surface area contributed by atoms with Gasteiger partial charge in [-0.05, 0) is 41.0 Å². The van der Waals surface area contributed by atoms with Gasteiger partial charge in [0.15, 0.2) is 0 Å². The molecule has 0 spiro atoms. The fraction of sp³-hybridized carbons (Fsp3) is 0.143. The Labute approximate surface area is 108 Å². The number of aromatic carboxylic acids is 2. The third-order valence-electron chi connectivity index (χ3n) is 2.97. The van der Waals surface area contributed by atoms with E-state index in [4.69, 9.17) is 15.3 Å². The van der Waals surface area contributed by atoms with Gasteiger partial charge in [0.05, 0.1) is 11.1 Å². The van der Waals surface area contributed by atoms with Crippen molar-refractivity contribution in [2.45, 2.75) is 6.42 Å². The number of rotatable bonds is 4. The topological polar surface area (TPSA) is 94.8 Å². The van der Waals surface area contributed by atoms with Crippen LogP contribution in [0.4, 0.5) is 0 Å². The standard InChI is InChI=1S/C14H12O5/c15-6-5-11-10-3-2-9(13(16)17)7-8(10)1-4-12(11)14(18)19/h1-4,7,15H,5-6H2,(H,16,17)(H,18,19). The maximum atomic E-state index is 11.1. The van der Waals surface area contributed by atoms with E-state index in [9.17, 15) is 9.59 Å². The van der Waals surface area contributed by atoms with Crippen LogP contribution in [0.15, 0.2) is 30.3 Å². The largest absolute Gasteiger partial charge is 0.478 e. The second-order valence-electron chi connectivity index (χ2n) is 4.11. The first kappa shape index (κ1) is 13.0. The zero-order valence-corrected chi connectivity index (χ0v) is 9.96. The summed E-state index contributed by atoms with van der Waals surface area (Å²) in [5.74, 6) is -2.10. The van der Waals surface area contributed by atoms with Gasteiger partial charge in [0.1, 0.15) is 0 Å². The summed E-state index contributed by atoms with van der Waals surface area (Å²) < 4.78 is 0. The quantitative estimate of drug-likeness (QED) is 0.778. The molecule has 2 aromatic rings. The Morgan fingerprint density at radius 3 is 2.32 bits per heavy atom. The van der Waals surface area contributed by atoms with E-state index >= 15 is 0 Å². The summed E-state index contributed by atoms with van der Waals surface area (Å²) in [7, 11) is 0. The van der Waals surface area contributed by atoms with Crippen LogP contribution in [0, 0.1) is 0 Å². The minimum absolute atomic E-state index is 0.129. The number of carbonyl (C=O) groups is 2. The number of hydrogen-bond acceptors (Lipinski definition) is 3. The van der Waals surface area contributed by atoms with Gasteiger partial charge in [-0.15, -0.1) is 0 Å². The Morgan fingerprint density at radius 2 is 1.74 bits per heavy atom. The van der Waals surface area contributed by atoms with Gasteiger partial charge in [-0.25, -0.2) is 9.59 Å². The van der Waals surface area contributed by atoms with Crippen LogP contribution in [-0.2, 0) is 6.42 Å². The van der Waals surface area contributed by atoms with Gasteiger partial charge >= 0.3 is 11.9 Å². The summed E-state index contributed by atoms with van der Waals surface area (Å²) in [5.41, 5.74) is 0.791. The van der Waals surface area contributed by atoms with Gasteiger partial charge in [-0.2, -0.15) is 0 Å². The molecule has 0 amide bonds. The Hall–Kier alpha value is -2.40. The molecule has 2 aromatic carbocycles. The molecule has 0 heterocycles. The molecule has 0 aromatic heterocycles. The van der Waals surface area contributed by atoms with Crippen LogP contribution >= 0.6 is 0 Å². The molecular weight excluding hydrogens is 248 g/mol. The molecule has 0 bridgehead atoms. The van der Waals surface area contributed by atoms with Crippen LogP contribution in [0.2, 0.25) is 0 Å². The van der Waals surface area contributed by atoms with Crippen molar-refractivity contribution >= 4 is 22.7 Å². The SMILES string of the molecule is O=C(O)c1ccc2c(CCO)c(C(=O)O)ccc2c1. The second-order valence-corrected chi connectivity index (χ2v) is 4.11. The maximum absolute atomic E-state index is 11.1. The maximum Gasteiger partial charge on any atom is 0.335 e. The minimum Gasteiger partial charge on any atom is -0.478 e. The van der Waals surface area contributed by atoms with Crippen LogP contribution in [0.25, 0.3) is 10.8 Å². The Bertz CT molecular complexity index is 660. The fourth-order valence-electron chi connectivity index (χ4n) is 2.11. The van der Waals surface area contributed by atoms with E-state index in [2.05, 4.69) is 0 Å². The van der Waals surface area contributed by atoms with Crippen molar-refractivity contribution in [3.8, 4) is 0 Å². The molecule has 0 atom stereocenters. The number of aliphatic hydroxyl groups is 1. The first-order valence-electron chi connectivity index (χ1n) is 5.67. The molecule has 0 saturated carbocycles. The third kappa shape index (κ3) is 2.41. The molecule has 0 aliphatic rings. The fourth-order valence-corrected chi connectivity index (χ4v) is 2.11. The predicted octanol–water partition coefficient (Wildman–Crippen LogP) is 1.77. The van der Waals surface area contributed by atoms with Crippen molar-refractivity contribution in [2.24, 2.45) is 0 Å². The summed E-state index contributed by atoms with van der Waals surface area (Å²) in [4.78, 5) is 22.0. The second kappa shape index (κ2) is 5.07. The van der Waals surface area contributed by atoms with E-state index in [1.165, 1.54) is 18.2 Å². The molecule has 3 N–H and O–H groups in total. The van der Waals surface area contributed by atoms with Gasteiger partial charge in [0.2, 0.25) is 0 Å². The molecule has 5 nitrogen and oxygen atoms in total. The number of aliphatic hydroxyl groups excluding tert-OH is 1. The van der Waals surface area contributed by atoms with Gasteiger partial charge in [-0.3, -0.25) is 0 Å². The molecule has 2 rings (SSSR count). The smallest absolute Gasteiger partial charge is 0.335 e. The predicted molar refractivity (Wildman–Crippen MR) is 68.7 cm³/mol. The molecule has 0 aliphatic carbocycles. The molecule has 0 aliphatic heterocycles. The average molecular weight is 260 g/mol. The highest BCUT2D eigenvalue weighted by Crippen LogP contribution is 2.24. The van der Waals surface area contributed by atoms with E-state index < -0.39 is 11.9 Å². The van der Waals surface area contributed by atoms with E-state index in [1.807, 2.05) is 0 Å². The van der Waals surface area contributed by atoms with E-state index in [0.29, 0.717) is 16.3 Å². The lowest BCUT2D eigenvalue weighted by atomic mass is 9.95. The van der Waals surface area contributed by atoms with Crippen molar-refractivity contribution in [2.75, 3.05) is 6.61 Å². The Morgan fingerprint density at radius 1 is 1.00 bits per heavy atom. The monoisotopic (exact) mass is 260 g/mol. The minimum atomic E-state index is -1.06. The van der Waals surface area contributed by atoms with E-state index in [-0.39, 0.29) is 24.2 Å². The lowest BCUT2D eigenvalue weighted by Crippen LogP contribution is -2.05. The summed E-state index contributed by atoms with van der Waals surface area (Å²) in [6.45, 7) is -0.167. The highest BCUT2D eigenvalue weighted by molar-refractivity contribution is 6.00. The van der Waals surface area contributed by atoms with Crippen molar-refractivity contribution in [3.05, 3.63) is 47.0 Å². The highest BCUT2D eigenvalue weighted by atomic mass is 16.4. The highest BCUT2D eigenvalue weighted by Gasteiger charge is 2.14. The van der Waals surface area contributed by atoms with Crippen LogP contribution in [0.3, 0.4) is 0 Å². The number of fused-ring (bicyclic) bond motifs is 1.